The minimum absolute atomic E-state index is 0.604. The molecule has 120 valence electrons. The molecule has 0 aliphatic rings. The van der Waals surface area contributed by atoms with Crippen molar-refractivity contribution in [1.82, 2.24) is 9.97 Å². The molecule has 0 aliphatic heterocycles. The average Bonchev–Trinajstić information content (AvgIpc) is 3.01. The Kier molecular flexibility index (Phi) is 5.23. The van der Waals surface area contributed by atoms with Crippen LogP contribution in [0.25, 0.3) is 11.0 Å². The monoisotopic (exact) mass is 326 g/mol. The number of H-pyrrole nitrogens is 1. The molecule has 3 nitrogen and oxygen atoms in total. The Morgan fingerprint density at radius 3 is 2.65 bits per heavy atom. The zero-order chi connectivity index (χ0) is 16.1. The third-order valence-electron chi connectivity index (χ3n) is 4.02. The molecule has 0 saturated heterocycles. The predicted octanol–water partition coefficient (Wildman–Crippen LogP) is 5.25. The van der Waals surface area contributed by atoms with Crippen molar-refractivity contribution in [3.05, 3.63) is 54.1 Å². The maximum Gasteiger partial charge on any atom is 0.166 e. The highest BCUT2D eigenvalue weighted by molar-refractivity contribution is 7.99. The molecule has 0 radical (unpaired) electrons. The van der Waals surface area contributed by atoms with Gasteiger partial charge in [-0.25, -0.2) is 4.98 Å². The van der Waals surface area contributed by atoms with E-state index in [0.717, 1.165) is 34.1 Å². The van der Waals surface area contributed by atoms with Gasteiger partial charge in [0.25, 0.3) is 0 Å². The number of nitrogens with zero attached hydrogens (tertiary/aromatic N) is 1. The summed E-state index contributed by atoms with van der Waals surface area (Å²) >= 11 is 1.69. The fourth-order valence-corrected chi connectivity index (χ4v) is 3.13. The molecule has 1 heterocycles. The number of hydrogen-bond acceptors (Lipinski definition) is 3. The van der Waals surface area contributed by atoms with Gasteiger partial charge in [-0.05, 0) is 42.2 Å². The van der Waals surface area contributed by atoms with Crippen LogP contribution >= 0.6 is 11.8 Å². The summed E-state index contributed by atoms with van der Waals surface area (Å²) in [7, 11) is 0. The Balaban J connectivity index is 1.47. The highest BCUT2D eigenvalue weighted by atomic mass is 32.2. The van der Waals surface area contributed by atoms with E-state index in [4.69, 9.17) is 4.74 Å². The number of ether oxygens (including phenoxy) is 1. The molecule has 1 N–H and O–H groups in total. The lowest BCUT2D eigenvalue weighted by molar-refractivity contribution is 0.343. The van der Waals surface area contributed by atoms with Gasteiger partial charge in [0, 0.05) is 5.75 Å². The first-order valence-electron chi connectivity index (χ1n) is 8.06. The van der Waals surface area contributed by atoms with Gasteiger partial charge >= 0.3 is 0 Å². The summed E-state index contributed by atoms with van der Waals surface area (Å²) in [5, 5.41) is 0.946. The number of rotatable bonds is 7. The second-order valence-corrected chi connectivity index (χ2v) is 6.72. The minimum Gasteiger partial charge on any atom is -0.493 e. The molecule has 0 amide bonds. The molecule has 4 heteroatoms. The van der Waals surface area contributed by atoms with Crippen LogP contribution in [0.4, 0.5) is 0 Å². The van der Waals surface area contributed by atoms with E-state index in [0.29, 0.717) is 12.5 Å². The SMILES string of the molecule is CCC(C)c1ccc(OCCSc2nc3ccccc3[nH]2)cc1. The lowest BCUT2D eigenvalue weighted by Gasteiger charge is -2.10. The zero-order valence-corrected chi connectivity index (χ0v) is 14.4. The first-order valence-corrected chi connectivity index (χ1v) is 9.05. The zero-order valence-electron chi connectivity index (χ0n) is 13.6. The molecular weight excluding hydrogens is 304 g/mol. The molecule has 0 aliphatic carbocycles. The Hall–Kier alpha value is -1.94. The molecule has 3 rings (SSSR count). The normalized spacial score (nSPS) is 12.4. The van der Waals surface area contributed by atoms with Crippen molar-refractivity contribution in [1.29, 1.82) is 0 Å². The summed E-state index contributed by atoms with van der Waals surface area (Å²) in [5.74, 6) is 2.40. The Morgan fingerprint density at radius 1 is 1.13 bits per heavy atom. The number of benzene rings is 2. The Bertz CT molecular complexity index is 718. The van der Waals surface area contributed by atoms with Gasteiger partial charge in [0.05, 0.1) is 17.6 Å². The van der Waals surface area contributed by atoms with Crippen molar-refractivity contribution in [2.45, 2.75) is 31.3 Å². The van der Waals surface area contributed by atoms with E-state index < -0.39 is 0 Å². The van der Waals surface area contributed by atoms with Gasteiger partial charge < -0.3 is 9.72 Å². The molecule has 1 unspecified atom stereocenters. The van der Waals surface area contributed by atoms with Crippen molar-refractivity contribution in [2.24, 2.45) is 0 Å². The number of aromatic nitrogens is 2. The van der Waals surface area contributed by atoms with Crippen LogP contribution < -0.4 is 4.74 Å². The van der Waals surface area contributed by atoms with Gasteiger partial charge in [0.1, 0.15) is 5.75 Å². The lowest BCUT2D eigenvalue weighted by atomic mass is 9.99. The summed E-state index contributed by atoms with van der Waals surface area (Å²) in [5.41, 5.74) is 3.46. The topological polar surface area (TPSA) is 37.9 Å². The quantitative estimate of drug-likeness (QED) is 0.476. The minimum atomic E-state index is 0.604. The molecule has 0 fully saturated rings. The van der Waals surface area contributed by atoms with Gasteiger partial charge in [-0.1, -0.05) is 49.9 Å². The number of fused-ring (bicyclic) bond motifs is 1. The maximum absolute atomic E-state index is 5.81. The second-order valence-electron chi connectivity index (χ2n) is 5.63. The van der Waals surface area contributed by atoms with Crippen molar-refractivity contribution in [3.8, 4) is 5.75 Å². The van der Waals surface area contributed by atoms with E-state index in [1.807, 2.05) is 24.3 Å². The lowest BCUT2D eigenvalue weighted by Crippen LogP contribution is -2.00. The van der Waals surface area contributed by atoms with Gasteiger partial charge in [0.15, 0.2) is 5.16 Å². The second kappa shape index (κ2) is 7.55. The summed E-state index contributed by atoms with van der Waals surface area (Å²) in [6.07, 6.45) is 1.16. The van der Waals surface area contributed by atoms with Gasteiger partial charge in [-0.2, -0.15) is 0 Å². The van der Waals surface area contributed by atoms with Crippen LogP contribution in [0.5, 0.6) is 5.75 Å². The van der Waals surface area contributed by atoms with Crippen LogP contribution in [0, 0.1) is 0 Å². The highest BCUT2D eigenvalue weighted by Crippen LogP contribution is 2.22. The number of hydrogen-bond donors (Lipinski definition) is 1. The van der Waals surface area contributed by atoms with E-state index in [1.165, 1.54) is 5.56 Å². The van der Waals surface area contributed by atoms with Crippen LogP contribution in [-0.2, 0) is 0 Å². The van der Waals surface area contributed by atoms with Gasteiger partial charge in [-0.3, -0.25) is 0 Å². The fraction of sp³-hybridized carbons (Fsp3) is 0.316. The van der Waals surface area contributed by atoms with Crippen LogP contribution in [0.1, 0.15) is 31.7 Å². The molecule has 23 heavy (non-hydrogen) atoms. The summed E-state index contributed by atoms with van der Waals surface area (Å²) < 4.78 is 5.81. The first kappa shape index (κ1) is 15.9. The number of thioether (sulfide) groups is 1. The average molecular weight is 326 g/mol. The van der Waals surface area contributed by atoms with E-state index in [9.17, 15) is 0 Å². The first-order chi connectivity index (χ1) is 11.3. The van der Waals surface area contributed by atoms with Gasteiger partial charge in [0.2, 0.25) is 0 Å². The summed E-state index contributed by atoms with van der Waals surface area (Å²) in [4.78, 5) is 7.87. The Morgan fingerprint density at radius 2 is 1.91 bits per heavy atom. The largest absolute Gasteiger partial charge is 0.493 e. The molecule has 2 aromatic carbocycles. The number of para-hydroxylation sites is 2. The fourth-order valence-electron chi connectivity index (χ4n) is 2.42. The number of imidazole rings is 1. The molecular formula is C19H22N2OS. The third kappa shape index (κ3) is 4.08. The Labute approximate surface area is 141 Å². The van der Waals surface area contributed by atoms with Gasteiger partial charge in [-0.15, -0.1) is 0 Å². The number of aromatic amines is 1. The van der Waals surface area contributed by atoms with Crippen LogP contribution in [0.2, 0.25) is 0 Å². The van der Waals surface area contributed by atoms with Crippen LogP contribution in [0.3, 0.4) is 0 Å². The molecule has 0 saturated carbocycles. The standard InChI is InChI=1S/C19H22N2OS/c1-3-14(2)15-8-10-16(11-9-15)22-12-13-23-19-20-17-6-4-5-7-18(17)21-19/h4-11,14H,3,12-13H2,1-2H3,(H,20,21). The summed E-state index contributed by atoms with van der Waals surface area (Å²) in [6.45, 7) is 5.13. The molecule has 0 spiro atoms. The van der Waals surface area contributed by atoms with Crippen molar-refractivity contribution in [3.63, 3.8) is 0 Å². The number of nitrogens with one attached hydrogen (secondary N) is 1. The van der Waals surface area contributed by atoms with E-state index in [2.05, 4.69) is 48.1 Å². The van der Waals surface area contributed by atoms with Crippen LogP contribution in [-0.4, -0.2) is 22.3 Å². The van der Waals surface area contributed by atoms with E-state index in [-0.39, 0.29) is 0 Å². The summed E-state index contributed by atoms with van der Waals surface area (Å²) in [6, 6.07) is 16.5. The molecule has 0 bridgehead atoms. The molecule has 1 aromatic heterocycles. The van der Waals surface area contributed by atoms with Crippen molar-refractivity contribution in [2.75, 3.05) is 12.4 Å². The molecule has 3 aromatic rings. The van der Waals surface area contributed by atoms with Crippen molar-refractivity contribution >= 4 is 22.8 Å². The molecule has 1 atom stereocenters. The van der Waals surface area contributed by atoms with E-state index in [1.54, 1.807) is 11.8 Å². The maximum atomic E-state index is 5.81. The smallest absolute Gasteiger partial charge is 0.166 e. The third-order valence-corrected chi connectivity index (χ3v) is 4.86. The highest BCUT2D eigenvalue weighted by Gasteiger charge is 2.04. The van der Waals surface area contributed by atoms with Crippen molar-refractivity contribution < 1.29 is 4.74 Å². The van der Waals surface area contributed by atoms with E-state index >= 15 is 0 Å². The predicted molar refractivity (Wildman–Crippen MR) is 97.5 cm³/mol. The van der Waals surface area contributed by atoms with Crippen LogP contribution in [0.15, 0.2) is 53.7 Å².